The van der Waals surface area contributed by atoms with Gasteiger partial charge in [0.05, 0.1) is 23.4 Å². The standard InChI is InChI=1S/C10H11Cl2NO2/c1-15-10-5-8(13)7(12)4-6(10)9(14)2-3-11/h4-5H,2-3,13H2,1H3. The monoisotopic (exact) mass is 247 g/mol. The van der Waals surface area contributed by atoms with Gasteiger partial charge >= 0.3 is 0 Å². The number of halogens is 2. The van der Waals surface area contributed by atoms with Gasteiger partial charge in [0.2, 0.25) is 0 Å². The molecule has 5 heteroatoms. The summed E-state index contributed by atoms with van der Waals surface area (Å²) in [6, 6.07) is 3.04. The van der Waals surface area contributed by atoms with Crippen LogP contribution in [-0.4, -0.2) is 18.8 Å². The lowest BCUT2D eigenvalue weighted by molar-refractivity contribution is 0.0986. The highest BCUT2D eigenvalue weighted by Gasteiger charge is 2.14. The largest absolute Gasteiger partial charge is 0.496 e. The minimum atomic E-state index is -0.108. The predicted octanol–water partition coefficient (Wildman–Crippen LogP) is 2.74. The van der Waals surface area contributed by atoms with E-state index in [0.717, 1.165) is 0 Å². The normalized spacial score (nSPS) is 10.1. The van der Waals surface area contributed by atoms with Gasteiger partial charge in [-0.25, -0.2) is 0 Å². The van der Waals surface area contributed by atoms with Crippen LogP contribution in [0.3, 0.4) is 0 Å². The Labute approximate surface area is 98.1 Å². The van der Waals surface area contributed by atoms with E-state index in [1.807, 2.05) is 0 Å². The van der Waals surface area contributed by atoms with Crippen LogP contribution in [0.15, 0.2) is 12.1 Å². The second-order valence-electron chi connectivity index (χ2n) is 2.94. The van der Waals surface area contributed by atoms with Crippen LogP contribution < -0.4 is 10.5 Å². The van der Waals surface area contributed by atoms with Gasteiger partial charge in [-0.05, 0) is 6.07 Å². The zero-order valence-electron chi connectivity index (χ0n) is 8.22. The van der Waals surface area contributed by atoms with Crippen LogP contribution in [0, 0.1) is 0 Å². The highest BCUT2D eigenvalue weighted by atomic mass is 35.5. The van der Waals surface area contributed by atoms with E-state index in [-0.39, 0.29) is 18.1 Å². The molecule has 0 aliphatic carbocycles. The first kappa shape index (κ1) is 12.1. The first-order valence-corrected chi connectivity index (χ1v) is 5.23. The van der Waals surface area contributed by atoms with E-state index in [1.54, 1.807) is 0 Å². The van der Waals surface area contributed by atoms with Crippen molar-refractivity contribution < 1.29 is 9.53 Å². The number of carbonyl (C=O) groups is 1. The minimum absolute atomic E-state index is 0.108. The molecule has 0 aliphatic heterocycles. The number of carbonyl (C=O) groups excluding carboxylic acids is 1. The van der Waals surface area contributed by atoms with Crippen molar-refractivity contribution >= 4 is 34.7 Å². The fourth-order valence-corrected chi connectivity index (χ4v) is 1.51. The lowest BCUT2D eigenvalue weighted by Gasteiger charge is -2.09. The quantitative estimate of drug-likeness (QED) is 0.506. The average Bonchev–Trinajstić information content (AvgIpc) is 2.21. The third-order valence-corrected chi connectivity index (χ3v) is 2.46. The molecule has 1 rings (SSSR count). The first-order valence-electron chi connectivity index (χ1n) is 4.32. The lowest BCUT2D eigenvalue weighted by atomic mass is 10.1. The smallest absolute Gasteiger partial charge is 0.167 e. The van der Waals surface area contributed by atoms with Crippen LogP contribution in [-0.2, 0) is 0 Å². The molecule has 0 aromatic heterocycles. The number of hydrogen-bond donors (Lipinski definition) is 1. The zero-order chi connectivity index (χ0) is 11.4. The van der Waals surface area contributed by atoms with Crippen LogP contribution in [0.4, 0.5) is 5.69 Å². The molecule has 1 aromatic rings. The van der Waals surface area contributed by atoms with Gasteiger partial charge in [-0.15, -0.1) is 11.6 Å². The van der Waals surface area contributed by atoms with Crippen molar-refractivity contribution in [3.8, 4) is 5.75 Å². The lowest BCUT2D eigenvalue weighted by Crippen LogP contribution is -2.04. The number of nitrogens with two attached hydrogens (primary N) is 1. The van der Waals surface area contributed by atoms with Gasteiger partial charge in [0.25, 0.3) is 0 Å². The van der Waals surface area contributed by atoms with E-state index < -0.39 is 0 Å². The van der Waals surface area contributed by atoms with E-state index in [1.165, 1.54) is 19.2 Å². The highest BCUT2D eigenvalue weighted by Crippen LogP contribution is 2.29. The molecule has 0 aliphatic rings. The third kappa shape index (κ3) is 2.76. The van der Waals surface area contributed by atoms with Gasteiger partial charge in [-0.3, -0.25) is 4.79 Å². The van der Waals surface area contributed by atoms with Crippen molar-refractivity contribution in [3.05, 3.63) is 22.7 Å². The molecule has 0 saturated carbocycles. The van der Waals surface area contributed by atoms with E-state index >= 15 is 0 Å². The molecule has 15 heavy (non-hydrogen) atoms. The fourth-order valence-electron chi connectivity index (χ4n) is 1.18. The van der Waals surface area contributed by atoms with E-state index in [4.69, 9.17) is 33.7 Å². The van der Waals surface area contributed by atoms with Crippen molar-refractivity contribution in [2.75, 3.05) is 18.7 Å². The molecule has 0 fully saturated rings. The summed E-state index contributed by atoms with van der Waals surface area (Å²) < 4.78 is 5.05. The van der Waals surface area contributed by atoms with Crippen LogP contribution in [0.2, 0.25) is 5.02 Å². The number of alkyl halides is 1. The number of anilines is 1. The molecule has 0 radical (unpaired) electrons. The number of rotatable bonds is 4. The molecule has 0 bridgehead atoms. The Morgan fingerprint density at radius 3 is 2.73 bits per heavy atom. The maximum atomic E-state index is 11.6. The summed E-state index contributed by atoms with van der Waals surface area (Å²) in [5, 5.41) is 0.341. The predicted molar refractivity (Wildman–Crippen MR) is 62.1 cm³/mol. The number of benzene rings is 1. The molecule has 2 N–H and O–H groups in total. The van der Waals surface area contributed by atoms with Gasteiger partial charge in [0, 0.05) is 18.4 Å². The summed E-state index contributed by atoms with van der Waals surface area (Å²) in [6.07, 6.45) is 0.248. The summed E-state index contributed by atoms with van der Waals surface area (Å²) >= 11 is 11.3. The van der Waals surface area contributed by atoms with Crippen molar-refractivity contribution in [1.82, 2.24) is 0 Å². The van der Waals surface area contributed by atoms with Crippen LogP contribution in [0.5, 0.6) is 5.75 Å². The van der Waals surface area contributed by atoms with Crippen LogP contribution in [0.1, 0.15) is 16.8 Å². The van der Waals surface area contributed by atoms with Gasteiger partial charge in [0.1, 0.15) is 5.75 Å². The van der Waals surface area contributed by atoms with Crippen molar-refractivity contribution in [3.63, 3.8) is 0 Å². The third-order valence-electron chi connectivity index (χ3n) is 1.94. The SMILES string of the molecule is COc1cc(N)c(Cl)cc1C(=O)CCCl. The topological polar surface area (TPSA) is 52.3 Å². The average molecular weight is 248 g/mol. The van der Waals surface area contributed by atoms with Crippen molar-refractivity contribution in [2.24, 2.45) is 0 Å². The Hall–Kier alpha value is -0.930. The molecule has 0 atom stereocenters. The number of nitrogen functional groups attached to an aromatic ring is 1. The second kappa shape index (κ2) is 5.24. The molecular weight excluding hydrogens is 237 g/mol. The van der Waals surface area contributed by atoms with Crippen molar-refractivity contribution in [1.29, 1.82) is 0 Å². The van der Waals surface area contributed by atoms with Crippen LogP contribution in [0.25, 0.3) is 0 Å². The minimum Gasteiger partial charge on any atom is -0.496 e. The molecule has 0 amide bonds. The molecular formula is C10H11Cl2NO2. The van der Waals surface area contributed by atoms with Gasteiger partial charge in [-0.2, -0.15) is 0 Å². The summed E-state index contributed by atoms with van der Waals surface area (Å²) in [5.74, 6) is 0.583. The molecule has 0 saturated heterocycles. The molecule has 0 heterocycles. The Balaban J connectivity index is 3.15. The van der Waals surface area contributed by atoms with Gasteiger partial charge < -0.3 is 10.5 Å². The summed E-state index contributed by atoms with van der Waals surface area (Å²) in [7, 11) is 1.47. The molecule has 82 valence electrons. The molecule has 1 aromatic carbocycles. The molecule has 0 spiro atoms. The number of hydrogen-bond acceptors (Lipinski definition) is 3. The second-order valence-corrected chi connectivity index (χ2v) is 3.72. The van der Waals surface area contributed by atoms with E-state index in [0.29, 0.717) is 22.0 Å². The molecule has 3 nitrogen and oxygen atoms in total. The van der Waals surface area contributed by atoms with Crippen molar-refractivity contribution in [2.45, 2.75) is 6.42 Å². The summed E-state index contributed by atoms with van der Waals surface area (Å²) in [6.45, 7) is 0. The highest BCUT2D eigenvalue weighted by molar-refractivity contribution is 6.33. The number of ether oxygens (including phenoxy) is 1. The fraction of sp³-hybridized carbons (Fsp3) is 0.300. The van der Waals surface area contributed by atoms with Crippen LogP contribution >= 0.6 is 23.2 Å². The molecule has 0 unspecified atom stereocenters. The first-order chi connectivity index (χ1) is 7.10. The zero-order valence-corrected chi connectivity index (χ0v) is 9.73. The Morgan fingerprint density at radius 2 is 2.20 bits per heavy atom. The number of Topliss-reactive ketones (excluding diaryl/α,β-unsaturated/α-hetero) is 1. The Morgan fingerprint density at radius 1 is 1.53 bits per heavy atom. The summed E-state index contributed by atoms with van der Waals surface area (Å²) in [4.78, 5) is 11.6. The maximum absolute atomic E-state index is 11.6. The van der Waals surface area contributed by atoms with Gasteiger partial charge in [0.15, 0.2) is 5.78 Å². The van der Waals surface area contributed by atoms with Gasteiger partial charge in [-0.1, -0.05) is 11.6 Å². The van der Waals surface area contributed by atoms with E-state index in [9.17, 15) is 4.79 Å². The number of ketones is 1. The number of methoxy groups -OCH3 is 1. The van der Waals surface area contributed by atoms with E-state index in [2.05, 4.69) is 0 Å². The Bertz CT molecular complexity index is 380. The maximum Gasteiger partial charge on any atom is 0.167 e. The Kier molecular flexibility index (Phi) is 4.24. The summed E-state index contributed by atoms with van der Waals surface area (Å²) in [5.41, 5.74) is 6.39.